The summed E-state index contributed by atoms with van der Waals surface area (Å²) >= 11 is 0. The summed E-state index contributed by atoms with van der Waals surface area (Å²) in [6.45, 7) is -12.2. The molecular formula is C114H174N6O18. The van der Waals surface area contributed by atoms with Gasteiger partial charge in [-0.05, 0) is 326 Å². The zero-order chi connectivity index (χ0) is 154. The van der Waals surface area contributed by atoms with Crippen LogP contribution in [0.5, 0.6) is 69.0 Å². The quantitative estimate of drug-likeness (QED) is 0.0329. The summed E-state index contributed by atoms with van der Waals surface area (Å²) in [5.74, 6) is -21.2. The number of methoxy groups -OCH3 is 12. The molecule has 0 saturated carbocycles. The van der Waals surface area contributed by atoms with Crippen LogP contribution in [-0.4, -0.2) is 260 Å². The van der Waals surface area contributed by atoms with Gasteiger partial charge in [0.15, 0.2) is 69.0 Å². The minimum absolute atomic E-state index is 0.000437. The largest absolute Gasteiger partial charge is 0.493 e. The minimum Gasteiger partial charge on any atom is -0.493 e. The number of hydrogen-bond acceptors (Lipinski definition) is 24. The van der Waals surface area contributed by atoms with E-state index in [1.807, 2.05) is 41.5 Å². The molecule has 6 N–H and O–H groups in total. The van der Waals surface area contributed by atoms with Gasteiger partial charge in [-0.3, -0.25) is 29.4 Å². The van der Waals surface area contributed by atoms with Gasteiger partial charge in [-0.2, -0.15) is 0 Å². The standard InChI is InChI=1S/6C19H29NO3/c6*1-12(2)7-14-11-20-6-5-13-8-18(22-3)19(23-4)9-15(13)16(20)10-17(14)21/h6*8-9,12,14,16-17,21H,5-7,10-11H2,1-4H3/i1D3,4D3,5D2,6D2,7D2,8D,9D,10D2,12D,14D,17D;1D3,4D3,7D2,8D,9D,11D2,12D,16D;1D3,7D2,8D,9D,11D2,12D,16D;4D3,8D,9D,11D2,16D;2*8D,9D,11D2,16D. The Hall–Kier alpha value is -7.56. The first kappa shape index (κ1) is 52.3. The van der Waals surface area contributed by atoms with Crippen LogP contribution in [-0.2, 0) is 38.5 Å². The summed E-state index contributed by atoms with van der Waals surface area (Å²) in [6.07, 6.45) is -27.4. The van der Waals surface area contributed by atoms with Gasteiger partial charge in [0.1, 0.15) is 0 Å². The molecular weight excluding hydrogens is 1740 g/mol. The Morgan fingerprint density at radius 3 is 0.833 bits per heavy atom. The predicted molar refractivity (Wildman–Crippen MR) is 547 cm³/mol. The Morgan fingerprint density at radius 1 is 0.333 bits per heavy atom. The molecule has 768 valence electrons. The first-order valence-electron chi connectivity index (χ1n) is 77.0. The third-order valence-electron chi connectivity index (χ3n) is 24.9. The van der Waals surface area contributed by atoms with E-state index in [4.69, 9.17) is 135 Å². The van der Waals surface area contributed by atoms with Crippen LogP contribution in [0.25, 0.3) is 0 Å². The van der Waals surface area contributed by atoms with Crippen molar-refractivity contribution in [3.8, 4) is 69.0 Å². The van der Waals surface area contributed by atoms with Crippen LogP contribution < -0.4 is 56.8 Å². The average molecular weight is 1980 g/mol. The van der Waals surface area contributed by atoms with Gasteiger partial charge in [0, 0.05) is 162 Å². The van der Waals surface area contributed by atoms with Gasteiger partial charge >= 0.3 is 0 Å². The second-order valence-corrected chi connectivity index (χ2v) is 36.1. The molecule has 0 amide bonds. The lowest BCUT2D eigenvalue weighted by Gasteiger charge is -2.46. The summed E-state index contributed by atoms with van der Waals surface area (Å²) in [5.41, 5.74) is -0.147. The fraction of sp³-hybridized carbons (Fsp3) is 0.684. The Labute approximate surface area is 914 Å². The van der Waals surface area contributed by atoms with Gasteiger partial charge in [-0.1, -0.05) is 82.9 Å². The smallest absolute Gasteiger partial charge is 0.161 e. The van der Waals surface area contributed by atoms with Gasteiger partial charge in [0.25, 0.3) is 0 Å². The number of fused-ring (bicyclic) bond motifs is 18. The zero-order valence-electron chi connectivity index (χ0n) is 143. The number of piperidine rings is 6. The van der Waals surface area contributed by atoms with Crippen molar-refractivity contribution in [3.63, 3.8) is 0 Å². The molecule has 24 nitrogen and oxygen atoms in total. The molecule has 12 aliphatic heterocycles. The normalized spacial score (nSPS) is 42.8. The van der Waals surface area contributed by atoms with E-state index < -0.39 is 316 Å². The maximum Gasteiger partial charge on any atom is 0.161 e. The molecule has 0 bridgehead atoms. The number of ether oxygens (including phenoxy) is 12. The molecule has 0 spiro atoms. The van der Waals surface area contributed by atoms with Crippen molar-refractivity contribution in [1.29, 1.82) is 0 Å². The lowest BCUT2D eigenvalue weighted by molar-refractivity contribution is -0.0192. The first-order valence-corrected chi connectivity index (χ1v) is 46.0. The predicted octanol–water partition coefficient (Wildman–Crippen LogP) is 18.2. The summed E-state index contributed by atoms with van der Waals surface area (Å²) in [7, 11) is 2.24. The van der Waals surface area contributed by atoms with E-state index >= 15 is 0 Å². The maximum atomic E-state index is 11.4. The lowest BCUT2D eigenvalue weighted by Crippen LogP contribution is -2.48. The van der Waals surface area contributed by atoms with Gasteiger partial charge in [0.2, 0.25) is 0 Å². The molecule has 6 saturated heterocycles. The zero-order valence-corrected chi connectivity index (χ0v) is 81.3. The van der Waals surface area contributed by atoms with Crippen LogP contribution >= 0.6 is 0 Å². The molecule has 12 aliphatic rings. The number of nitrogens with zero attached hydrogens (tertiary/aromatic N) is 6. The fourth-order valence-corrected chi connectivity index (χ4v) is 18.5. The van der Waals surface area contributed by atoms with Gasteiger partial charge in [-0.15, -0.1) is 0 Å². The average Bonchev–Trinajstić information content (AvgIpc) is 0.652. The molecule has 0 aliphatic carbocycles. The SMILES string of the molecule is [2H]c1c(OC([2H])([2H])[2H])c(OC)c([2H])c2c1C1N(CC([2H])(C([2H])([2H])C([2H])(C)C([2H])([2H])[2H])C([2H])(O)C1([2H])[2H])C([2H])([2H])C2([2H])[2H].[2H]c1c2c(c([2H])c(OC([2H])([2H])[2H])c1OC)C1([2H])CC(O)C(C([2H])([2H])C([2H])(C)C([2H])([2H])[2H])C([2H])([2H])N1CC2.[2H]c1c2c(c([2H])c(OC([2H])([2H])[2H])c1OC)C1([2H])CC(O)C(CC(C)C)C([2H])([2H])N1CC2.[2H]c1c2c(c([2H])c(OC)c1OC)C1([2H])CC(O)C(C([2H])([2H])C([2H])(C)C([2H])([2H])[2H])C([2H])([2H])N1CC2.[2H]c1c2c(c([2H])c(OC)c1OC)C1([2H])CC(O)C(CC(C)C)C([2H])([2H])N1CC2.[2H]c1c2c(c([2H])c(OC)c1OC)C1([2H])CC(O)C(CC(C)C)C([2H])([2H])N1CC2. The van der Waals surface area contributed by atoms with Crippen LogP contribution in [0, 0.1) is 70.9 Å². The lowest BCUT2D eigenvalue weighted by atomic mass is 9.79. The fourth-order valence-electron chi connectivity index (χ4n) is 18.5. The molecule has 138 heavy (non-hydrogen) atoms. The van der Waals surface area contributed by atoms with Crippen LogP contribution in [0.1, 0.15) is 348 Å². The Bertz CT molecular complexity index is 7950. The van der Waals surface area contributed by atoms with Crippen LogP contribution in [0.4, 0.5) is 0 Å². The Kier molecular flexibility index (Phi) is 18.6. The molecule has 0 aromatic heterocycles. The van der Waals surface area contributed by atoms with Crippen LogP contribution in [0.2, 0.25) is 0 Å². The molecule has 21 unspecified atom stereocenters. The van der Waals surface area contributed by atoms with Crippen LogP contribution in [0.15, 0.2) is 72.5 Å². The van der Waals surface area contributed by atoms with E-state index in [-0.39, 0.29) is 227 Å². The summed E-state index contributed by atoms with van der Waals surface area (Å²) in [5, 5.41) is 66.0. The number of rotatable bonds is 24. The van der Waals surface area contributed by atoms with E-state index in [1.54, 1.807) is 0 Å². The highest BCUT2D eigenvalue weighted by atomic mass is 16.5. The molecule has 21 atom stereocenters. The van der Waals surface area contributed by atoms with E-state index in [0.717, 1.165) is 37.9 Å². The first-order chi connectivity index (χ1) is 90.3. The summed E-state index contributed by atoms with van der Waals surface area (Å²) < 4.78 is 580. The molecule has 0 radical (unpaired) electrons. The van der Waals surface area contributed by atoms with E-state index in [1.165, 1.54) is 64.5 Å². The number of aliphatic hydroxyl groups is 6. The van der Waals surface area contributed by atoms with Crippen molar-refractivity contribution >= 4 is 0 Å². The maximum absolute atomic E-state index is 11.4. The van der Waals surface area contributed by atoms with Gasteiger partial charge < -0.3 is 87.5 Å². The second kappa shape index (κ2) is 49.1. The minimum atomic E-state index is -4.03. The van der Waals surface area contributed by atoms with Crippen molar-refractivity contribution in [2.75, 3.05) is 163 Å². The van der Waals surface area contributed by atoms with Crippen molar-refractivity contribution in [1.82, 2.24) is 29.4 Å². The highest BCUT2D eigenvalue weighted by Gasteiger charge is 2.47. The number of benzene rings is 6. The molecule has 6 fully saturated rings. The van der Waals surface area contributed by atoms with Crippen LogP contribution in [0.3, 0.4) is 0 Å². The van der Waals surface area contributed by atoms with E-state index in [2.05, 4.69) is 0 Å². The molecule has 12 heterocycles. The number of aliphatic hydroxyl groups excluding tert-OH is 5. The summed E-state index contributed by atoms with van der Waals surface area (Å²) in [6, 6.07) is -16.2. The van der Waals surface area contributed by atoms with E-state index in [9.17, 15) is 37.5 Å². The molecule has 6 aromatic carbocycles. The topological polar surface area (TPSA) is 252 Å². The van der Waals surface area contributed by atoms with Gasteiger partial charge in [0.05, 0.1) is 159 Å². The van der Waals surface area contributed by atoms with Crippen molar-refractivity contribution in [3.05, 3.63) is 139 Å². The highest BCUT2D eigenvalue weighted by Crippen LogP contribution is 2.52. The third-order valence-corrected chi connectivity index (χ3v) is 24.9. The molecule has 6 aromatic rings. The monoisotopic (exact) mass is 1980 g/mol. The third kappa shape index (κ3) is 25.4. The Morgan fingerprint density at radius 2 is 0.572 bits per heavy atom. The van der Waals surface area contributed by atoms with Gasteiger partial charge in [-0.25, -0.2) is 0 Å². The van der Waals surface area contributed by atoms with E-state index in [0.29, 0.717) is 55.7 Å². The second-order valence-electron chi connectivity index (χ2n) is 36.1. The summed E-state index contributed by atoms with van der Waals surface area (Å²) in [4.78, 5) is 6.33. The highest BCUT2D eigenvalue weighted by molar-refractivity contribution is 5.55. The van der Waals surface area contributed by atoms with Crippen molar-refractivity contribution in [2.45, 2.75) is 271 Å². The molecule has 24 heteroatoms. The number of hydrogen-bond donors (Lipinski definition) is 6. The Balaban J connectivity index is 0.000000194. The van der Waals surface area contributed by atoms with Crippen molar-refractivity contribution < 1.29 is 172 Å². The molecule has 18 rings (SSSR count). The van der Waals surface area contributed by atoms with Crippen molar-refractivity contribution in [2.24, 2.45) is 70.9 Å².